The fourth-order valence-electron chi connectivity index (χ4n) is 2.25. The van der Waals surface area contributed by atoms with Crippen LogP contribution in [0.3, 0.4) is 0 Å². The van der Waals surface area contributed by atoms with E-state index in [-0.39, 0.29) is 17.9 Å². The van der Waals surface area contributed by atoms with Crippen LogP contribution in [0.1, 0.15) is 23.8 Å². The first-order valence-electron chi connectivity index (χ1n) is 6.87. The van der Waals surface area contributed by atoms with Crippen molar-refractivity contribution in [2.24, 2.45) is 7.05 Å². The SMILES string of the molecule is Cc1c(Cl)cccc1S(=O)(=O)NCC[C@@H](O)c1cccn1C. The Labute approximate surface area is 135 Å². The van der Waals surface area contributed by atoms with E-state index in [1.807, 2.05) is 19.3 Å². The molecule has 1 aromatic carbocycles. The molecule has 0 bridgehead atoms. The van der Waals surface area contributed by atoms with E-state index in [0.29, 0.717) is 10.6 Å². The predicted molar refractivity (Wildman–Crippen MR) is 86.4 cm³/mol. The summed E-state index contributed by atoms with van der Waals surface area (Å²) in [7, 11) is -1.81. The van der Waals surface area contributed by atoms with E-state index in [9.17, 15) is 13.5 Å². The normalized spacial score (nSPS) is 13.3. The number of hydrogen-bond donors (Lipinski definition) is 2. The molecule has 2 rings (SSSR count). The minimum Gasteiger partial charge on any atom is -0.387 e. The van der Waals surface area contributed by atoms with Gasteiger partial charge in [-0.3, -0.25) is 0 Å². The standard InChI is InChI=1S/C15H19ClN2O3S/c1-11-12(16)5-3-7-15(11)22(20,21)17-9-8-14(19)13-6-4-10-18(13)2/h3-7,10,14,17,19H,8-9H2,1-2H3/t14-/m1/s1. The molecule has 1 heterocycles. The highest BCUT2D eigenvalue weighted by atomic mass is 35.5. The second-order valence-corrected chi connectivity index (χ2v) is 7.25. The summed E-state index contributed by atoms with van der Waals surface area (Å²) in [5.41, 5.74) is 1.26. The quantitative estimate of drug-likeness (QED) is 0.846. The number of hydrogen-bond acceptors (Lipinski definition) is 3. The van der Waals surface area contributed by atoms with Crippen molar-refractivity contribution in [3.8, 4) is 0 Å². The molecule has 0 unspecified atom stereocenters. The van der Waals surface area contributed by atoms with Gasteiger partial charge >= 0.3 is 0 Å². The lowest BCUT2D eigenvalue weighted by Crippen LogP contribution is -2.26. The second kappa shape index (κ2) is 6.83. The summed E-state index contributed by atoms with van der Waals surface area (Å²) in [4.78, 5) is 0.161. The van der Waals surface area contributed by atoms with Crippen LogP contribution in [-0.4, -0.2) is 24.6 Å². The number of aliphatic hydroxyl groups excluding tert-OH is 1. The van der Waals surface area contributed by atoms with Crippen LogP contribution in [0, 0.1) is 6.92 Å². The molecular formula is C15H19ClN2O3S. The van der Waals surface area contributed by atoms with Gasteiger partial charge in [-0.1, -0.05) is 17.7 Å². The third kappa shape index (κ3) is 3.70. The van der Waals surface area contributed by atoms with E-state index in [4.69, 9.17) is 11.6 Å². The number of benzene rings is 1. The highest BCUT2D eigenvalue weighted by molar-refractivity contribution is 7.89. The minimum absolute atomic E-state index is 0.140. The zero-order chi connectivity index (χ0) is 16.3. The number of aromatic nitrogens is 1. The lowest BCUT2D eigenvalue weighted by Gasteiger charge is -2.14. The highest BCUT2D eigenvalue weighted by Crippen LogP contribution is 2.23. The summed E-state index contributed by atoms with van der Waals surface area (Å²) >= 11 is 5.95. The Morgan fingerprint density at radius 2 is 2.05 bits per heavy atom. The van der Waals surface area contributed by atoms with E-state index in [0.717, 1.165) is 5.69 Å². The van der Waals surface area contributed by atoms with Crippen LogP contribution in [0.4, 0.5) is 0 Å². The van der Waals surface area contributed by atoms with Crippen LogP contribution in [-0.2, 0) is 17.1 Å². The molecule has 0 aliphatic rings. The molecule has 5 nitrogen and oxygen atoms in total. The van der Waals surface area contributed by atoms with Crippen molar-refractivity contribution in [3.63, 3.8) is 0 Å². The topological polar surface area (TPSA) is 71.3 Å². The van der Waals surface area contributed by atoms with Crippen molar-refractivity contribution >= 4 is 21.6 Å². The van der Waals surface area contributed by atoms with Crippen molar-refractivity contribution in [1.82, 2.24) is 9.29 Å². The highest BCUT2D eigenvalue weighted by Gasteiger charge is 2.18. The van der Waals surface area contributed by atoms with E-state index < -0.39 is 16.1 Å². The Kier molecular flexibility index (Phi) is 5.28. The predicted octanol–water partition coefficient (Wildman–Crippen LogP) is 2.39. The monoisotopic (exact) mass is 342 g/mol. The molecule has 0 spiro atoms. The average molecular weight is 343 g/mol. The maximum absolute atomic E-state index is 12.3. The minimum atomic E-state index is -3.64. The Balaban J connectivity index is 2.02. The lowest BCUT2D eigenvalue weighted by molar-refractivity contribution is 0.161. The van der Waals surface area contributed by atoms with Gasteiger partial charge in [0, 0.05) is 30.5 Å². The molecule has 1 atom stereocenters. The number of nitrogens with one attached hydrogen (secondary N) is 1. The largest absolute Gasteiger partial charge is 0.387 e. The zero-order valence-corrected chi connectivity index (χ0v) is 14.0. The molecule has 2 aromatic rings. The third-order valence-corrected chi connectivity index (χ3v) is 5.56. The van der Waals surface area contributed by atoms with Gasteiger partial charge in [0.05, 0.1) is 11.0 Å². The molecule has 0 amide bonds. The lowest BCUT2D eigenvalue weighted by atomic mass is 10.2. The number of sulfonamides is 1. The van der Waals surface area contributed by atoms with Crippen molar-refractivity contribution in [2.75, 3.05) is 6.54 Å². The summed E-state index contributed by atoms with van der Waals surface area (Å²) in [6.07, 6.45) is 1.40. The molecule has 0 fully saturated rings. The molecule has 120 valence electrons. The van der Waals surface area contributed by atoms with E-state index in [1.165, 1.54) is 6.07 Å². The fraction of sp³-hybridized carbons (Fsp3) is 0.333. The smallest absolute Gasteiger partial charge is 0.240 e. The number of aliphatic hydroxyl groups is 1. The summed E-state index contributed by atoms with van der Waals surface area (Å²) in [6.45, 7) is 1.80. The Morgan fingerprint density at radius 3 is 2.68 bits per heavy atom. The van der Waals surface area contributed by atoms with Crippen LogP contribution in [0.15, 0.2) is 41.4 Å². The molecule has 0 radical (unpaired) electrons. The third-order valence-electron chi connectivity index (χ3n) is 3.54. The number of rotatable bonds is 6. The van der Waals surface area contributed by atoms with E-state index in [1.54, 1.807) is 29.7 Å². The van der Waals surface area contributed by atoms with Gasteiger partial charge in [-0.2, -0.15) is 0 Å². The van der Waals surface area contributed by atoms with Crippen molar-refractivity contribution in [3.05, 3.63) is 52.8 Å². The molecule has 0 saturated heterocycles. The zero-order valence-electron chi connectivity index (χ0n) is 12.5. The van der Waals surface area contributed by atoms with Gasteiger partial charge < -0.3 is 9.67 Å². The van der Waals surface area contributed by atoms with Gasteiger partial charge in [0.15, 0.2) is 0 Å². The van der Waals surface area contributed by atoms with E-state index in [2.05, 4.69) is 4.72 Å². The molecular weight excluding hydrogens is 324 g/mol. The van der Waals surface area contributed by atoms with Crippen molar-refractivity contribution in [2.45, 2.75) is 24.3 Å². The van der Waals surface area contributed by atoms with Crippen LogP contribution in [0.25, 0.3) is 0 Å². The van der Waals surface area contributed by atoms with Gasteiger partial charge in [0.2, 0.25) is 10.0 Å². The van der Waals surface area contributed by atoms with Crippen LogP contribution in [0.2, 0.25) is 5.02 Å². The molecule has 0 saturated carbocycles. The van der Waals surface area contributed by atoms with E-state index >= 15 is 0 Å². The van der Waals surface area contributed by atoms with Gasteiger partial charge in [-0.25, -0.2) is 13.1 Å². The molecule has 2 N–H and O–H groups in total. The molecule has 0 aliphatic heterocycles. The van der Waals surface area contributed by atoms with Crippen LogP contribution >= 0.6 is 11.6 Å². The molecule has 1 aromatic heterocycles. The van der Waals surface area contributed by atoms with Crippen LogP contribution in [0.5, 0.6) is 0 Å². The Morgan fingerprint density at radius 1 is 1.32 bits per heavy atom. The van der Waals surface area contributed by atoms with Gasteiger partial charge in [0.1, 0.15) is 0 Å². The average Bonchev–Trinajstić information content (AvgIpc) is 2.87. The first-order chi connectivity index (χ1) is 10.3. The number of nitrogens with zero attached hydrogens (tertiary/aromatic N) is 1. The summed E-state index contributed by atoms with van der Waals surface area (Å²) in [6, 6.07) is 8.40. The van der Waals surface area contributed by atoms with Gasteiger partial charge in [-0.15, -0.1) is 0 Å². The van der Waals surface area contributed by atoms with Gasteiger partial charge in [-0.05, 0) is 43.2 Å². The number of aryl methyl sites for hydroxylation is 1. The van der Waals surface area contributed by atoms with Crippen molar-refractivity contribution in [1.29, 1.82) is 0 Å². The second-order valence-electron chi connectivity index (χ2n) is 5.11. The maximum Gasteiger partial charge on any atom is 0.240 e. The summed E-state index contributed by atoms with van der Waals surface area (Å²) in [5.74, 6) is 0. The summed E-state index contributed by atoms with van der Waals surface area (Å²) < 4.78 is 28.9. The first-order valence-corrected chi connectivity index (χ1v) is 8.73. The Hall–Kier alpha value is -1.34. The molecule has 22 heavy (non-hydrogen) atoms. The number of halogens is 1. The maximum atomic E-state index is 12.3. The fourth-order valence-corrected chi connectivity index (χ4v) is 3.80. The first kappa shape index (κ1) is 17.0. The summed E-state index contributed by atoms with van der Waals surface area (Å²) in [5, 5.41) is 10.5. The van der Waals surface area contributed by atoms with Crippen molar-refractivity contribution < 1.29 is 13.5 Å². The Bertz CT molecular complexity index is 756. The molecule has 7 heteroatoms. The van der Waals surface area contributed by atoms with Gasteiger partial charge in [0.25, 0.3) is 0 Å². The van der Waals surface area contributed by atoms with Crippen LogP contribution < -0.4 is 4.72 Å². The molecule has 0 aliphatic carbocycles.